The molecule has 16 heavy (non-hydrogen) atoms. The number of allylic oxidation sites excluding steroid dienone is 4. The van der Waals surface area contributed by atoms with Crippen molar-refractivity contribution in [3.8, 4) is 0 Å². The Bertz CT molecular complexity index is 420. The third-order valence-electron chi connectivity index (χ3n) is 2.80. The summed E-state index contributed by atoms with van der Waals surface area (Å²) in [4.78, 5) is 0. The van der Waals surface area contributed by atoms with Crippen LogP contribution in [0.25, 0.3) is 5.57 Å². The van der Waals surface area contributed by atoms with Gasteiger partial charge in [0.2, 0.25) is 0 Å². The molecule has 0 unspecified atom stereocenters. The normalized spacial score (nSPS) is 13.8. The molecule has 0 N–H and O–H groups in total. The molecule has 0 atom stereocenters. The van der Waals surface area contributed by atoms with Gasteiger partial charge in [-0.05, 0) is 43.9 Å². The largest absolute Gasteiger partial charge is 0.0870 e. The van der Waals surface area contributed by atoms with Crippen LogP contribution < -0.4 is 0 Å². The second kappa shape index (κ2) is 5.69. The molecule has 86 valence electrons. The smallest absolute Gasteiger partial charge is 0.00544 e. The first-order valence-corrected chi connectivity index (χ1v) is 6.14. The Morgan fingerprint density at radius 2 is 1.81 bits per heavy atom. The first-order valence-electron chi connectivity index (χ1n) is 6.14. The summed E-state index contributed by atoms with van der Waals surface area (Å²) >= 11 is 0. The van der Waals surface area contributed by atoms with E-state index in [1.807, 2.05) is 13.8 Å². The summed E-state index contributed by atoms with van der Waals surface area (Å²) in [7, 11) is 0. The maximum absolute atomic E-state index is 2.30. The van der Waals surface area contributed by atoms with Crippen LogP contribution in [0.1, 0.15) is 44.4 Å². The zero-order valence-corrected chi connectivity index (χ0v) is 11.1. The van der Waals surface area contributed by atoms with E-state index in [0.29, 0.717) is 0 Å². The van der Waals surface area contributed by atoms with E-state index < -0.39 is 0 Å². The fraction of sp³-hybridized carbons (Fsp3) is 0.375. The Hall–Kier alpha value is -1.30. The van der Waals surface area contributed by atoms with E-state index in [1.165, 1.54) is 27.8 Å². The summed E-state index contributed by atoms with van der Waals surface area (Å²) in [5.74, 6) is 0. The number of benzene rings is 1. The van der Waals surface area contributed by atoms with Gasteiger partial charge in [-0.3, -0.25) is 0 Å². The molecule has 1 aromatic rings. The van der Waals surface area contributed by atoms with Gasteiger partial charge in [0.05, 0.1) is 0 Å². The summed E-state index contributed by atoms with van der Waals surface area (Å²) in [5, 5.41) is 0. The molecule has 0 heterocycles. The van der Waals surface area contributed by atoms with Crippen LogP contribution in [-0.2, 0) is 6.42 Å². The van der Waals surface area contributed by atoms with Gasteiger partial charge in [0, 0.05) is 0 Å². The van der Waals surface area contributed by atoms with Gasteiger partial charge in [-0.15, -0.1) is 0 Å². The van der Waals surface area contributed by atoms with Gasteiger partial charge in [-0.25, -0.2) is 0 Å². The van der Waals surface area contributed by atoms with Gasteiger partial charge in [0.25, 0.3) is 0 Å². The molecule has 0 saturated carbocycles. The zero-order valence-electron chi connectivity index (χ0n) is 11.1. The molecule has 0 aromatic heterocycles. The number of rotatable bonds is 1. The van der Waals surface area contributed by atoms with Crippen molar-refractivity contribution < 1.29 is 0 Å². The Balaban J connectivity index is 0.000000606. The predicted molar refractivity (Wildman–Crippen MR) is 73.6 cm³/mol. The molecule has 1 aromatic carbocycles. The van der Waals surface area contributed by atoms with Gasteiger partial charge in [-0.2, -0.15) is 0 Å². The minimum Gasteiger partial charge on any atom is -0.0870 e. The molecular weight excluding hydrogens is 192 g/mol. The third kappa shape index (κ3) is 2.44. The SMILES string of the molecule is C/C=C\C1=C(C)Cc2cc(C)ccc21.CC. The molecule has 1 aliphatic carbocycles. The van der Waals surface area contributed by atoms with E-state index in [9.17, 15) is 0 Å². The molecule has 2 rings (SSSR count). The van der Waals surface area contributed by atoms with Crippen molar-refractivity contribution in [1.82, 2.24) is 0 Å². The van der Waals surface area contributed by atoms with Crippen molar-refractivity contribution in [2.24, 2.45) is 0 Å². The van der Waals surface area contributed by atoms with E-state index in [-0.39, 0.29) is 0 Å². The second-order valence-electron chi connectivity index (χ2n) is 4.03. The highest BCUT2D eigenvalue weighted by atomic mass is 14.2. The average molecular weight is 214 g/mol. The molecule has 0 bridgehead atoms. The first-order chi connectivity index (χ1) is 7.72. The van der Waals surface area contributed by atoms with Crippen molar-refractivity contribution in [3.05, 3.63) is 52.6 Å². The minimum absolute atomic E-state index is 1.12. The number of fused-ring (bicyclic) bond motifs is 1. The van der Waals surface area contributed by atoms with Crippen molar-refractivity contribution in [2.45, 2.75) is 41.0 Å². The van der Waals surface area contributed by atoms with Crippen LogP contribution in [0.3, 0.4) is 0 Å². The summed E-state index contributed by atoms with van der Waals surface area (Å²) in [6.07, 6.45) is 5.46. The lowest BCUT2D eigenvalue weighted by molar-refractivity contribution is 1.18. The van der Waals surface area contributed by atoms with Crippen molar-refractivity contribution >= 4 is 5.57 Å². The highest BCUT2D eigenvalue weighted by Gasteiger charge is 2.15. The molecule has 0 spiro atoms. The van der Waals surface area contributed by atoms with E-state index in [4.69, 9.17) is 0 Å². The summed E-state index contributed by atoms with van der Waals surface area (Å²) in [5.41, 5.74) is 7.17. The molecule has 0 radical (unpaired) electrons. The fourth-order valence-electron chi connectivity index (χ4n) is 2.14. The zero-order chi connectivity index (χ0) is 12.1. The molecule has 0 heteroatoms. The van der Waals surface area contributed by atoms with Crippen LogP contribution in [0, 0.1) is 6.92 Å². The second-order valence-corrected chi connectivity index (χ2v) is 4.03. The van der Waals surface area contributed by atoms with Crippen LogP contribution in [0.15, 0.2) is 35.9 Å². The fourth-order valence-corrected chi connectivity index (χ4v) is 2.14. The lowest BCUT2D eigenvalue weighted by Crippen LogP contribution is -1.84. The lowest BCUT2D eigenvalue weighted by atomic mass is 10.0. The lowest BCUT2D eigenvalue weighted by Gasteiger charge is -2.02. The van der Waals surface area contributed by atoms with Crippen molar-refractivity contribution in [2.75, 3.05) is 0 Å². The maximum Gasteiger partial charge on any atom is -0.00544 e. The number of aryl methyl sites for hydroxylation is 1. The standard InChI is InChI=1S/C14H16.C2H6/c1-4-5-13-11(3)9-12-8-10(2)6-7-14(12)13;1-2/h4-8H,9H2,1-3H3;1-2H3/b5-4-;. The van der Waals surface area contributed by atoms with Gasteiger partial charge < -0.3 is 0 Å². The molecule has 0 fully saturated rings. The van der Waals surface area contributed by atoms with E-state index in [2.05, 4.69) is 51.1 Å². The Morgan fingerprint density at radius 1 is 1.12 bits per heavy atom. The van der Waals surface area contributed by atoms with Crippen LogP contribution in [0.5, 0.6) is 0 Å². The molecule has 0 aliphatic heterocycles. The molecular formula is C16H22. The van der Waals surface area contributed by atoms with Crippen molar-refractivity contribution in [3.63, 3.8) is 0 Å². The van der Waals surface area contributed by atoms with Crippen LogP contribution >= 0.6 is 0 Å². The molecule has 1 aliphatic rings. The molecule has 0 amide bonds. The van der Waals surface area contributed by atoms with Crippen LogP contribution in [0.4, 0.5) is 0 Å². The van der Waals surface area contributed by atoms with Gasteiger partial charge in [-0.1, -0.05) is 55.3 Å². The van der Waals surface area contributed by atoms with E-state index in [1.54, 1.807) is 0 Å². The van der Waals surface area contributed by atoms with Gasteiger partial charge in [0.1, 0.15) is 0 Å². The first kappa shape index (κ1) is 12.8. The molecule has 0 saturated heterocycles. The Morgan fingerprint density at radius 3 is 2.44 bits per heavy atom. The van der Waals surface area contributed by atoms with Gasteiger partial charge in [0.15, 0.2) is 0 Å². The topological polar surface area (TPSA) is 0 Å². The summed E-state index contributed by atoms with van der Waals surface area (Å²) in [6.45, 7) is 10.5. The van der Waals surface area contributed by atoms with Gasteiger partial charge >= 0.3 is 0 Å². The summed E-state index contributed by atoms with van der Waals surface area (Å²) in [6, 6.07) is 6.74. The average Bonchev–Trinajstić information content (AvgIpc) is 2.58. The Labute approximate surface area is 99.7 Å². The monoisotopic (exact) mass is 214 g/mol. The quantitative estimate of drug-likeness (QED) is 0.622. The molecule has 0 nitrogen and oxygen atoms in total. The highest BCUT2D eigenvalue weighted by molar-refractivity contribution is 5.82. The minimum atomic E-state index is 1.12. The summed E-state index contributed by atoms with van der Waals surface area (Å²) < 4.78 is 0. The maximum atomic E-state index is 2.30. The Kier molecular flexibility index (Phi) is 4.54. The number of hydrogen-bond acceptors (Lipinski definition) is 0. The van der Waals surface area contributed by atoms with Crippen LogP contribution in [-0.4, -0.2) is 0 Å². The number of hydrogen-bond donors (Lipinski definition) is 0. The van der Waals surface area contributed by atoms with Crippen molar-refractivity contribution in [1.29, 1.82) is 0 Å². The van der Waals surface area contributed by atoms with E-state index in [0.717, 1.165) is 6.42 Å². The highest BCUT2D eigenvalue weighted by Crippen LogP contribution is 2.33. The van der Waals surface area contributed by atoms with E-state index >= 15 is 0 Å². The van der Waals surface area contributed by atoms with Crippen LogP contribution in [0.2, 0.25) is 0 Å². The third-order valence-corrected chi connectivity index (χ3v) is 2.80. The predicted octanol–water partition coefficient (Wildman–Crippen LogP) is 4.93.